The molecule has 0 saturated carbocycles. The van der Waals surface area contributed by atoms with E-state index in [0.717, 1.165) is 13.2 Å². The predicted octanol–water partition coefficient (Wildman–Crippen LogP) is 4.16. The molecule has 2 unspecified atom stereocenters. The first-order valence-electron chi connectivity index (χ1n) is 8.21. The van der Waals surface area contributed by atoms with Gasteiger partial charge in [-0.3, -0.25) is 0 Å². The minimum Gasteiger partial charge on any atom is -0.377 e. The molecule has 0 aliphatic carbocycles. The lowest BCUT2D eigenvalue weighted by atomic mass is 9.93. The third-order valence-electron chi connectivity index (χ3n) is 4.45. The van der Waals surface area contributed by atoms with E-state index in [2.05, 4.69) is 67.7 Å². The molecule has 1 aliphatic rings. The van der Waals surface area contributed by atoms with Gasteiger partial charge in [0.25, 0.3) is 0 Å². The number of nitrogens with one attached hydrogen (secondary N) is 1. The van der Waals surface area contributed by atoms with Crippen LogP contribution in [-0.2, 0) is 4.74 Å². The highest BCUT2D eigenvalue weighted by molar-refractivity contribution is 5.39. The number of aryl methyl sites for hydroxylation is 2. The van der Waals surface area contributed by atoms with Crippen LogP contribution in [-0.4, -0.2) is 19.3 Å². The van der Waals surface area contributed by atoms with Gasteiger partial charge in [-0.25, -0.2) is 0 Å². The van der Waals surface area contributed by atoms with Gasteiger partial charge < -0.3 is 10.1 Å². The molecule has 22 heavy (non-hydrogen) atoms. The smallest absolute Gasteiger partial charge is 0.0700 e. The van der Waals surface area contributed by atoms with Crippen LogP contribution in [0.4, 0.5) is 0 Å². The Morgan fingerprint density at radius 1 is 1.14 bits per heavy atom. The van der Waals surface area contributed by atoms with Crippen molar-refractivity contribution in [3.8, 4) is 0 Å². The summed E-state index contributed by atoms with van der Waals surface area (Å²) in [7, 11) is 0. The Morgan fingerprint density at radius 3 is 2.68 bits per heavy atom. The van der Waals surface area contributed by atoms with Gasteiger partial charge in [0.2, 0.25) is 0 Å². The Kier molecular flexibility index (Phi) is 4.91. The average Bonchev–Trinajstić information content (AvgIpc) is 3.05. The molecular formula is C20H25NO. The summed E-state index contributed by atoms with van der Waals surface area (Å²) in [5, 5.41) is 3.74. The molecule has 3 rings (SSSR count). The van der Waals surface area contributed by atoms with Gasteiger partial charge in [-0.2, -0.15) is 0 Å². The van der Waals surface area contributed by atoms with E-state index in [4.69, 9.17) is 4.74 Å². The Labute approximate surface area is 133 Å². The van der Waals surface area contributed by atoms with Crippen molar-refractivity contribution in [3.63, 3.8) is 0 Å². The molecule has 0 radical (unpaired) electrons. The number of benzene rings is 2. The maximum Gasteiger partial charge on any atom is 0.0700 e. The van der Waals surface area contributed by atoms with Crippen molar-refractivity contribution in [2.45, 2.75) is 38.8 Å². The molecule has 1 heterocycles. The molecule has 1 aliphatic heterocycles. The van der Waals surface area contributed by atoms with Gasteiger partial charge in [0, 0.05) is 13.2 Å². The number of ether oxygens (including phenoxy) is 1. The number of hydrogen-bond acceptors (Lipinski definition) is 2. The number of rotatable bonds is 5. The van der Waals surface area contributed by atoms with Crippen LogP contribution in [0.3, 0.4) is 0 Å². The van der Waals surface area contributed by atoms with Gasteiger partial charge in [0.05, 0.1) is 12.1 Å². The molecular weight excluding hydrogens is 270 g/mol. The van der Waals surface area contributed by atoms with Gasteiger partial charge in [-0.05, 0) is 43.4 Å². The molecule has 2 aromatic carbocycles. The van der Waals surface area contributed by atoms with Crippen molar-refractivity contribution in [1.82, 2.24) is 5.32 Å². The quantitative estimate of drug-likeness (QED) is 0.894. The molecule has 116 valence electrons. The van der Waals surface area contributed by atoms with Crippen LogP contribution in [0.2, 0.25) is 0 Å². The first-order valence-corrected chi connectivity index (χ1v) is 8.21. The van der Waals surface area contributed by atoms with Crippen LogP contribution in [0.1, 0.15) is 41.1 Å². The molecule has 2 aromatic rings. The molecule has 2 atom stereocenters. The van der Waals surface area contributed by atoms with Crippen LogP contribution < -0.4 is 5.32 Å². The fourth-order valence-corrected chi connectivity index (χ4v) is 3.18. The summed E-state index contributed by atoms with van der Waals surface area (Å²) in [6, 6.07) is 17.6. The summed E-state index contributed by atoms with van der Waals surface area (Å²) in [6.07, 6.45) is 2.71. The van der Waals surface area contributed by atoms with E-state index in [1.165, 1.54) is 35.1 Å². The van der Waals surface area contributed by atoms with E-state index < -0.39 is 0 Å². The van der Waals surface area contributed by atoms with E-state index in [1.807, 2.05) is 0 Å². The van der Waals surface area contributed by atoms with Gasteiger partial charge in [0.15, 0.2) is 0 Å². The summed E-state index contributed by atoms with van der Waals surface area (Å²) < 4.78 is 5.77. The number of hydrogen-bond donors (Lipinski definition) is 1. The molecule has 0 spiro atoms. The van der Waals surface area contributed by atoms with E-state index >= 15 is 0 Å². The van der Waals surface area contributed by atoms with Crippen LogP contribution in [0, 0.1) is 13.8 Å². The van der Waals surface area contributed by atoms with Gasteiger partial charge in [-0.15, -0.1) is 0 Å². The van der Waals surface area contributed by atoms with E-state index in [0.29, 0.717) is 6.10 Å². The topological polar surface area (TPSA) is 21.3 Å². The highest BCUT2D eigenvalue weighted by Crippen LogP contribution is 2.26. The third-order valence-corrected chi connectivity index (χ3v) is 4.45. The predicted molar refractivity (Wildman–Crippen MR) is 91.2 cm³/mol. The molecule has 0 bridgehead atoms. The second kappa shape index (κ2) is 7.08. The Bertz CT molecular complexity index is 602. The Balaban J connectivity index is 1.86. The highest BCUT2D eigenvalue weighted by Gasteiger charge is 2.20. The lowest BCUT2D eigenvalue weighted by Gasteiger charge is -2.24. The maximum atomic E-state index is 5.77. The van der Waals surface area contributed by atoms with Crippen molar-refractivity contribution in [2.24, 2.45) is 0 Å². The normalized spacial score (nSPS) is 19.3. The monoisotopic (exact) mass is 295 g/mol. The van der Waals surface area contributed by atoms with Crippen molar-refractivity contribution in [1.29, 1.82) is 0 Å². The Hall–Kier alpha value is -1.64. The zero-order valence-electron chi connectivity index (χ0n) is 13.5. The first-order chi connectivity index (χ1) is 10.7. The van der Waals surface area contributed by atoms with Gasteiger partial charge >= 0.3 is 0 Å². The molecule has 2 heteroatoms. The molecule has 2 nitrogen and oxygen atoms in total. The lowest BCUT2D eigenvalue weighted by molar-refractivity contribution is 0.108. The van der Waals surface area contributed by atoms with Crippen molar-refractivity contribution < 1.29 is 4.74 Å². The molecule has 0 aromatic heterocycles. The average molecular weight is 295 g/mol. The van der Waals surface area contributed by atoms with Crippen molar-refractivity contribution in [2.75, 3.05) is 13.2 Å². The van der Waals surface area contributed by atoms with E-state index in [-0.39, 0.29) is 6.04 Å². The second-order valence-electron chi connectivity index (χ2n) is 6.25. The van der Waals surface area contributed by atoms with Gasteiger partial charge in [-0.1, -0.05) is 54.1 Å². The second-order valence-corrected chi connectivity index (χ2v) is 6.25. The summed E-state index contributed by atoms with van der Waals surface area (Å²) >= 11 is 0. The summed E-state index contributed by atoms with van der Waals surface area (Å²) in [6.45, 7) is 6.17. The van der Waals surface area contributed by atoms with Crippen molar-refractivity contribution >= 4 is 0 Å². The fraction of sp³-hybridized carbons (Fsp3) is 0.400. The Morgan fingerprint density at radius 2 is 1.95 bits per heavy atom. The first kappa shape index (κ1) is 15.3. The fourth-order valence-electron chi connectivity index (χ4n) is 3.18. The molecule has 1 N–H and O–H groups in total. The summed E-state index contributed by atoms with van der Waals surface area (Å²) in [5.41, 5.74) is 5.32. The molecule has 1 saturated heterocycles. The van der Waals surface area contributed by atoms with Crippen LogP contribution in [0.5, 0.6) is 0 Å². The largest absolute Gasteiger partial charge is 0.377 e. The van der Waals surface area contributed by atoms with Crippen LogP contribution in [0.15, 0.2) is 48.5 Å². The third kappa shape index (κ3) is 3.57. The maximum absolute atomic E-state index is 5.77. The zero-order chi connectivity index (χ0) is 15.4. The zero-order valence-corrected chi connectivity index (χ0v) is 13.5. The van der Waals surface area contributed by atoms with Crippen molar-refractivity contribution in [3.05, 3.63) is 70.8 Å². The molecule has 1 fully saturated rings. The summed E-state index contributed by atoms with van der Waals surface area (Å²) in [5.74, 6) is 0. The minimum atomic E-state index is 0.227. The van der Waals surface area contributed by atoms with Gasteiger partial charge in [0.1, 0.15) is 0 Å². The summed E-state index contributed by atoms with van der Waals surface area (Å²) in [4.78, 5) is 0. The highest BCUT2D eigenvalue weighted by atomic mass is 16.5. The van der Waals surface area contributed by atoms with E-state index in [9.17, 15) is 0 Å². The van der Waals surface area contributed by atoms with E-state index in [1.54, 1.807) is 0 Å². The standard InChI is InChI=1S/C20H25NO/c1-15-10-11-16(2)19(13-15)20(17-7-4-3-5-8-17)21-14-18-9-6-12-22-18/h3-5,7-8,10-11,13,18,20-21H,6,9,12,14H2,1-2H3. The lowest BCUT2D eigenvalue weighted by Crippen LogP contribution is -2.31. The van der Waals surface area contributed by atoms with Crippen LogP contribution >= 0.6 is 0 Å². The minimum absolute atomic E-state index is 0.227. The SMILES string of the molecule is Cc1ccc(C)c(C(NCC2CCCO2)c2ccccc2)c1. The molecule has 0 amide bonds. The van der Waals surface area contributed by atoms with Crippen LogP contribution in [0.25, 0.3) is 0 Å².